The van der Waals surface area contributed by atoms with Gasteiger partial charge >= 0.3 is 0 Å². The van der Waals surface area contributed by atoms with Gasteiger partial charge < -0.3 is 10.0 Å². The van der Waals surface area contributed by atoms with Crippen LogP contribution in [0.25, 0.3) is 0 Å². The molecule has 2 aromatic rings. The standard InChI is InChI=1S/C14H17BrN2OS/c1-9(18)13-5-4-12(6-14(13)15)17(3)7-11-8-19-10(2)16-11/h4-6,8-9,18H,7H2,1-3H3. The highest BCUT2D eigenvalue weighted by atomic mass is 79.9. The predicted molar refractivity (Wildman–Crippen MR) is 83.7 cm³/mol. The Bertz CT molecular complexity index is 568. The van der Waals surface area contributed by atoms with Crippen LogP contribution in [-0.4, -0.2) is 17.1 Å². The molecule has 2 rings (SSSR count). The summed E-state index contributed by atoms with van der Waals surface area (Å²) in [5.74, 6) is 0. The maximum atomic E-state index is 9.62. The molecule has 1 unspecified atom stereocenters. The monoisotopic (exact) mass is 340 g/mol. The van der Waals surface area contributed by atoms with Gasteiger partial charge in [0.1, 0.15) is 0 Å². The summed E-state index contributed by atoms with van der Waals surface area (Å²) in [7, 11) is 2.04. The molecule has 0 radical (unpaired) electrons. The molecule has 0 fully saturated rings. The Balaban J connectivity index is 2.15. The summed E-state index contributed by atoms with van der Waals surface area (Å²) in [6.07, 6.45) is -0.463. The Labute approximate surface area is 126 Å². The number of hydrogen-bond acceptors (Lipinski definition) is 4. The van der Waals surface area contributed by atoms with Gasteiger partial charge in [-0.05, 0) is 31.5 Å². The van der Waals surface area contributed by atoms with E-state index < -0.39 is 6.10 Å². The quantitative estimate of drug-likeness (QED) is 0.916. The lowest BCUT2D eigenvalue weighted by atomic mass is 10.1. The Morgan fingerprint density at radius 2 is 2.21 bits per heavy atom. The number of thiazole rings is 1. The highest BCUT2D eigenvalue weighted by Crippen LogP contribution is 2.28. The molecule has 0 aliphatic rings. The van der Waals surface area contributed by atoms with E-state index in [1.54, 1.807) is 18.3 Å². The molecule has 1 heterocycles. The molecule has 19 heavy (non-hydrogen) atoms. The van der Waals surface area contributed by atoms with E-state index in [-0.39, 0.29) is 0 Å². The van der Waals surface area contributed by atoms with Gasteiger partial charge in [-0.2, -0.15) is 0 Å². The van der Waals surface area contributed by atoms with Crippen LogP contribution in [0.4, 0.5) is 5.69 Å². The summed E-state index contributed by atoms with van der Waals surface area (Å²) in [6, 6.07) is 6.00. The SMILES string of the molecule is Cc1nc(CN(C)c2ccc(C(C)O)c(Br)c2)cs1. The highest BCUT2D eigenvalue weighted by molar-refractivity contribution is 9.10. The molecule has 3 nitrogen and oxygen atoms in total. The number of aliphatic hydroxyl groups is 1. The molecule has 0 spiro atoms. The lowest BCUT2D eigenvalue weighted by molar-refractivity contribution is 0.198. The topological polar surface area (TPSA) is 36.4 Å². The fraction of sp³-hybridized carbons (Fsp3) is 0.357. The number of nitrogens with zero attached hydrogens (tertiary/aromatic N) is 2. The molecule has 0 aliphatic heterocycles. The van der Waals surface area contributed by atoms with Crippen molar-refractivity contribution in [1.82, 2.24) is 4.98 Å². The summed E-state index contributed by atoms with van der Waals surface area (Å²) in [5, 5.41) is 12.8. The second-order valence-electron chi connectivity index (χ2n) is 4.60. The van der Waals surface area contributed by atoms with Crippen molar-refractivity contribution >= 4 is 33.0 Å². The summed E-state index contributed by atoms with van der Waals surface area (Å²) >= 11 is 5.18. The van der Waals surface area contributed by atoms with E-state index >= 15 is 0 Å². The molecule has 1 aromatic carbocycles. The van der Waals surface area contributed by atoms with Gasteiger partial charge in [-0.15, -0.1) is 11.3 Å². The van der Waals surface area contributed by atoms with Gasteiger partial charge in [0.2, 0.25) is 0 Å². The zero-order valence-electron chi connectivity index (χ0n) is 11.2. The molecule has 0 saturated heterocycles. The molecule has 0 aliphatic carbocycles. The van der Waals surface area contributed by atoms with Crippen molar-refractivity contribution in [3.63, 3.8) is 0 Å². The van der Waals surface area contributed by atoms with Gasteiger partial charge in [0, 0.05) is 22.6 Å². The Morgan fingerprint density at radius 1 is 1.47 bits per heavy atom. The Hall–Kier alpha value is -0.910. The van der Waals surface area contributed by atoms with E-state index in [0.717, 1.165) is 33.0 Å². The van der Waals surface area contributed by atoms with Crippen LogP contribution < -0.4 is 4.90 Å². The number of aromatic nitrogens is 1. The van der Waals surface area contributed by atoms with Crippen LogP contribution >= 0.6 is 27.3 Å². The molecule has 1 N–H and O–H groups in total. The van der Waals surface area contributed by atoms with Crippen LogP contribution in [-0.2, 0) is 6.54 Å². The molecule has 1 atom stereocenters. The maximum Gasteiger partial charge on any atom is 0.0898 e. The first-order valence-electron chi connectivity index (χ1n) is 6.07. The fourth-order valence-electron chi connectivity index (χ4n) is 1.91. The molecule has 0 bridgehead atoms. The summed E-state index contributed by atoms with van der Waals surface area (Å²) in [5.41, 5.74) is 3.09. The third-order valence-corrected chi connectivity index (χ3v) is 4.45. The number of aryl methyl sites for hydroxylation is 1. The van der Waals surface area contributed by atoms with Crippen molar-refractivity contribution in [1.29, 1.82) is 0 Å². The summed E-state index contributed by atoms with van der Waals surface area (Å²) < 4.78 is 0.932. The lowest BCUT2D eigenvalue weighted by Gasteiger charge is -2.19. The van der Waals surface area contributed by atoms with Crippen molar-refractivity contribution < 1.29 is 5.11 Å². The fourth-order valence-corrected chi connectivity index (χ4v) is 3.21. The molecular weight excluding hydrogens is 324 g/mol. The van der Waals surface area contributed by atoms with E-state index in [1.165, 1.54) is 0 Å². The number of aliphatic hydroxyl groups excluding tert-OH is 1. The van der Waals surface area contributed by atoms with Gasteiger partial charge in [0.25, 0.3) is 0 Å². The van der Waals surface area contributed by atoms with Crippen LogP contribution in [0.2, 0.25) is 0 Å². The van der Waals surface area contributed by atoms with Crippen LogP contribution in [0.5, 0.6) is 0 Å². The van der Waals surface area contributed by atoms with E-state index in [0.29, 0.717) is 0 Å². The second kappa shape index (κ2) is 6.03. The van der Waals surface area contributed by atoms with Gasteiger partial charge in [0.15, 0.2) is 0 Å². The number of hydrogen-bond donors (Lipinski definition) is 1. The maximum absolute atomic E-state index is 9.62. The minimum Gasteiger partial charge on any atom is -0.389 e. The van der Waals surface area contributed by atoms with E-state index in [4.69, 9.17) is 0 Å². The van der Waals surface area contributed by atoms with Gasteiger partial charge in [-0.25, -0.2) is 4.98 Å². The van der Waals surface area contributed by atoms with Crippen LogP contribution in [0.15, 0.2) is 28.1 Å². The Kier molecular flexibility index (Phi) is 4.60. The van der Waals surface area contributed by atoms with E-state index in [9.17, 15) is 5.11 Å². The van der Waals surface area contributed by atoms with Crippen LogP contribution in [0.3, 0.4) is 0 Å². The third kappa shape index (κ3) is 3.55. The van der Waals surface area contributed by atoms with Gasteiger partial charge in [0.05, 0.1) is 23.4 Å². The molecule has 1 aromatic heterocycles. The van der Waals surface area contributed by atoms with Crippen LogP contribution in [0.1, 0.15) is 29.3 Å². The zero-order chi connectivity index (χ0) is 14.0. The molecular formula is C14H17BrN2OS. The number of anilines is 1. The minimum absolute atomic E-state index is 0.463. The first kappa shape index (κ1) is 14.5. The highest BCUT2D eigenvalue weighted by Gasteiger charge is 2.10. The zero-order valence-corrected chi connectivity index (χ0v) is 13.6. The lowest BCUT2D eigenvalue weighted by Crippen LogP contribution is -2.16. The van der Waals surface area contributed by atoms with Crippen molar-refractivity contribution in [2.75, 3.05) is 11.9 Å². The molecule has 5 heteroatoms. The number of halogens is 1. The normalized spacial score (nSPS) is 12.5. The van der Waals surface area contributed by atoms with Crippen LogP contribution in [0, 0.1) is 6.92 Å². The van der Waals surface area contributed by atoms with E-state index in [2.05, 4.69) is 31.2 Å². The third-order valence-electron chi connectivity index (χ3n) is 2.94. The van der Waals surface area contributed by atoms with Crippen molar-refractivity contribution in [2.45, 2.75) is 26.5 Å². The minimum atomic E-state index is -0.463. The first-order chi connectivity index (χ1) is 8.97. The van der Waals surface area contributed by atoms with E-state index in [1.807, 2.05) is 32.2 Å². The van der Waals surface area contributed by atoms with Gasteiger partial charge in [-0.1, -0.05) is 22.0 Å². The average molecular weight is 341 g/mol. The molecule has 0 amide bonds. The first-order valence-corrected chi connectivity index (χ1v) is 7.74. The van der Waals surface area contributed by atoms with Gasteiger partial charge in [-0.3, -0.25) is 0 Å². The predicted octanol–water partition coefficient (Wildman–Crippen LogP) is 3.90. The second-order valence-corrected chi connectivity index (χ2v) is 6.51. The summed E-state index contributed by atoms with van der Waals surface area (Å²) in [4.78, 5) is 6.61. The summed E-state index contributed by atoms with van der Waals surface area (Å²) in [6.45, 7) is 4.56. The largest absolute Gasteiger partial charge is 0.389 e. The number of rotatable bonds is 4. The number of benzene rings is 1. The van der Waals surface area contributed by atoms with Crippen molar-refractivity contribution in [3.05, 3.63) is 44.3 Å². The van der Waals surface area contributed by atoms with Crippen molar-refractivity contribution in [3.8, 4) is 0 Å². The molecule has 0 saturated carbocycles. The Morgan fingerprint density at radius 3 is 2.74 bits per heavy atom. The van der Waals surface area contributed by atoms with Crippen molar-refractivity contribution in [2.24, 2.45) is 0 Å². The smallest absolute Gasteiger partial charge is 0.0898 e. The average Bonchev–Trinajstić information content (AvgIpc) is 2.74. The molecule has 102 valence electrons.